The van der Waals surface area contributed by atoms with E-state index in [0.717, 1.165) is 36.9 Å². The molecule has 1 aliphatic rings. The SMILES string of the molecule is CC(=O)NC1CCC(Nc2ncc(Cl)c(-c3cccc(-n4ccccc4=O)c3)n2)CC1. The fourth-order valence-corrected chi connectivity index (χ4v) is 4.14. The first-order valence-corrected chi connectivity index (χ1v) is 10.7. The van der Waals surface area contributed by atoms with Crippen molar-refractivity contribution in [1.29, 1.82) is 0 Å². The van der Waals surface area contributed by atoms with Gasteiger partial charge in [0, 0.05) is 42.5 Å². The Labute approximate surface area is 185 Å². The maximum atomic E-state index is 12.2. The Morgan fingerprint density at radius 1 is 1.10 bits per heavy atom. The number of hydrogen-bond acceptors (Lipinski definition) is 5. The summed E-state index contributed by atoms with van der Waals surface area (Å²) >= 11 is 6.41. The van der Waals surface area contributed by atoms with Gasteiger partial charge in [-0.05, 0) is 43.9 Å². The van der Waals surface area contributed by atoms with Crippen LogP contribution in [0.15, 0.2) is 59.7 Å². The molecule has 1 saturated carbocycles. The zero-order valence-corrected chi connectivity index (χ0v) is 18.0. The number of anilines is 1. The number of carbonyl (C=O) groups excluding carboxylic acids is 1. The van der Waals surface area contributed by atoms with Gasteiger partial charge in [-0.3, -0.25) is 14.2 Å². The minimum Gasteiger partial charge on any atom is -0.354 e. The van der Waals surface area contributed by atoms with Crippen LogP contribution >= 0.6 is 11.6 Å². The molecule has 0 atom stereocenters. The van der Waals surface area contributed by atoms with E-state index < -0.39 is 0 Å². The van der Waals surface area contributed by atoms with Crippen molar-refractivity contribution in [2.75, 3.05) is 5.32 Å². The number of hydrogen-bond donors (Lipinski definition) is 2. The molecule has 2 heterocycles. The van der Waals surface area contributed by atoms with Crippen LogP contribution in [0.2, 0.25) is 5.02 Å². The summed E-state index contributed by atoms with van der Waals surface area (Å²) in [7, 11) is 0. The van der Waals surface area contributed by atoms with Crippen molar-refractivity contribution in [2.45, 2.75) is 44.7 Å². The van der Waals surface area contributed by atoms with Crippen LogP contribution in [-0.4, -0.2) is 32.5 Å². The highest BCUT2D eigenvalue weighted by Crippen LogP contribution is 2.28. The summed E-state index contributed by atoms with van der Waals surface area (Å²) in [5.74, 6) is 0.534. The molecule has 0 aliphatic heterocycles. The van der Waals surface area contributed by atoms with Crippen LogP contribution < -0.4 is 16.2 Å². The Balaban J connectivity index is 1.53. The van der Waals surface area contributed by atoms with E-state index in [-0.39, 0.29) is 23.6 Å². The number of nitrogens with one attached hydrogen (secondary N) is 2. The van der Waals surface area contributed by atoms with Gasteiger partial charge in [0.15, 0.2) is 0 Å². The van der Waals surface area contributed by atoms with Crippen molar-refractivity contribution in [2.24, 2.45) is 0 Å². The van der Waals surface area contributed by atoms with Gasteiger partial charge in [0.05, 0.1) is 16.9 Å². The monoisotopic (exact) mass is 437 g/mol. The lowest BCUT2D eigenvalue weighted by Gasteiger charge is -2.29. The van der Waals surface area contributed by atoms with Gasteiger partial charge in [0.25, 0.3) is 5.56 Å². The molecule has 160 valence electrons. The zero-order chi connectivity index (χ0) is 21.8. The van der Waals surface area contributed by atoms with E-state index in [1.54, 1.807) is 30.0 Å². The number of carbonyl (C=O) groups is 1. The van der Waals surface area contributed by atoms with Gasteiger partial charge < -0.3 is 10.6 Å². The van der Waals surface area contributed by atoms with Crippen molar-refractivity contribution in [3.8, 4) is 16.9 Å². The maximum Gasteiger partial charge on any atom is 0.255 e. The van der Waals surface area contributed by atoms with Crippen LogP contribution in [0.3, 0.4) is 0 Å². The third kappa shape index (κ3) is 5.11. The summed E-state index contributed by atoms with van der Waals surface area (Å²) in [4.78, 5) is 32.4. The highest BCUT2D eigenvalue weighted by molar-refractivity contribution is 6.32. The number of aromatic nitrogens is 3. The van der Waals surface area contributed by atoms with Gasteiger partial charge in [0.1, 0.15) is 0 Å². The largest absolute Gasteiger partial charge is 0.354 e. The standard InChI is InChI=1S/C23H24ClN5O2/c1-15(30)26-17-8-10-18(11-9-17)27-23-25-14-20(24)22(28-23)16-5-4-6-19(13-16)29-12-3-2-7-21(29)31/h2-7,12-14,17-18H,8-11H2,1H3,(H,26,30)(H,25,27,28). The number of benzene rings is 1. The lowest BCUT2D eigenvalue weighted by Crippen LogP contribution is -2.39. The molecule has 2 aromatic heterocycles. The Bertz CT molecular complexity index is 1140. The maximum absolute atomic E-state index is 12.2. The Hall–Kier alpha value is -3.19. The average Bonchev–Trinajstić information content (AvgIpc) is 2.76. The number of nitrogens with zero attached hydrogens (tertiary/aromatic N) is 3. The average molecular weight is 438 g/mol. The van der Waals surface area contributed by atoms with Gasteiger partial charge in [-0.2, -0.15) is 0 Å². The summed E-state index contributed by atoms with van der Waals surface area (Å²) < 4.78 is 1.57. The van der Waals surface area contributed by atoms with E-state index in [9.17, 15) is 9.59 Å². The smallest absolute Gasteiger partial charge is 0.255 e. The second kappa shape index (κ2) is 9.31. The van der Waals surface area contributed by atoms with E-state index >= 15 is 0 Å². The molecule has 7 nitrogen and oxygen atoms in total. The van der Waals surface area contributed by atoms with E-state index in [1.165, 1.54) is 6.07 Å². The lowest BCUT2D eigenvalue weighted by molar-refractivity contribution is -0.119. The van der Waals surface area contributed by atoms with Crippen LogP contribution in [0, 0.1) is 0 Å². The summed E-state index contributed by atoms with van der Waals surface area (Å²) in [6, 6.07) is 13.1. The molecule has 8 heteroatoms. The van der Waals surface area contributed by atoms with Crippen molar-refractivity contribution >= 4 is 23.5 Å². The zero-order valence-electron chi connectivity index (χ0n) is 17.2. The minimum atomic E-state index is -0.106. The predicted molar refractivity (Wildman–Crippen MR) is 122 cm³/mol. The third-order valence-electron chi connectivity index (χ3n) is 5.43. The molecule has 2 N–H and O–H groups in total. The molecule has 1 aromatic carbocycles. The van der Waals surface area contributed by atoms with Crippen molar-refractivity contribution < 1.29 is 4.79 Å². The van der Waals surface area contributed by atoms with Crippen LogP contribution in [0.25, 0.3) is 16.9 Å². The van der Waals surface area contributed by atoms with Crippen molar-refractivity contribution in [1.82, 2.24) is 19.9 Å². The van der Waals surface area contributed by atoms with Gasteiger partial charge in [-0.1, -0.05) is 29.8 Å². The summed E-state index contributed by atoms with van der Waals surface area (Å²) in [5.41, 5.74) is 2.05. The summed E-state index contributed by atoms with van der Waals surface area (Å²) in [6.45, 7) is 1.55. The topological polar surface area (TPSA) is 88.9 Å². The normalized spacial score (nSPS) is 18.4. The highest BCUT2D eigenvalue weighted by Gasteiger charge is 2.22. The van der Waals surface area contributed by atoms with E-state index in [0.29, 0.717) is 16.7 Å². The van der Waals surface area contributed by atoms with E-state index in [4.69, 9.17) is 11.6 Å². The van der Waals surface area contributed by atoms with Gasteiger partial charge >= 0.3 is 0 Å². The fraction of sp³-hybridized carbons (Fsp3) is 0.304. The second-order valence-electron chi connectivity index (χ2n) is 7.74. The quantitative estimate of drug-likeness (QED) is 0.633. The Kier molecular flexibility index (Phi) is 6.32. The molecule has 0 saturated heterocycles. The van der Waals surface area contributed by atoms with E-state index in [1.807, 2.05) is 30.3 Å². The van der Waals surface area contributed by atoms with Crippen molar-refractivity contribution in [3.63, 3.8) is 0 Å². The Morgan fingerprint density at radius 2 is 1.87 bits per heavy atom. The molecule has 1 fully saturated rings. The molecule has 1 aliphatic carbocycles. The molecule has 0 radical (unpaired) electrons. The van der Waals surface area contributed by atoms with Gasteiger partial charge in [0.2, 0.25) is 11.9 Å². The first-order valence-electron chi connectivity index (χ1n) is 10.3. The van der Waals surface area contributed by atoms with Crippen LogP contribution in [0.1, 0.15) is 32.6 Å². The van der Waals surface area contributed by atoms with Gasteiger partial charge in [-0.25, -0.2) is 9.97 Å². The molecule has 3 aromatic rings. The fourth-order valence-electron chi connectivity index (χ4n) is 3.93. The van der Waals surface area contributed by atoms with Crippen LogP contribution in [0.5, 0.6) is 0 Å². The summed E-state index contributed by atoms with van der Waals surface area (Å²) in [5, 5.41) is 6.83. The first-order chi connectivity index (χ1) is 15.0. The number of pyridine rings is 1. The molecular formula is C23H24ClN5O2. The highest BCUT2D eigenvalue weighted by atomic mass is 35.5. The van der Waals surface area contributed by atoms with E-state index in [2.05, 4.69) is 20.6 Å². The molecule has 0 bridgehead atoms. The summed E-state index contributed by atoms with van der Waals surface area (Å²) in [6.07, 6.45) is 7.03. The van der Waals surface area contributed by atoms with Crippen LogP contribution in [-0.2, 0) is 4.79 Å². The minimum absolute atomic E-state index is 0.0158. The number of halogens is 1. The predicted octanol–water partition coefficient (Wildman–Crippen LogP) is 3.81. The number of amides is 1. The molecular weight excluding hydrogens is 414 g/mol. The number of rotatable bonds is 5. The molecule has 31 heavy (non-hydrogen) atoms. The van der Waals surface area contributed by atoms with Crippen molar-refractivity contribution in [3.05, 3.63) is 70.2 Å². The molecule has 0 spiro atoms. The third-order valence-corrected chi connectivity index (χ3v) is 5.71. The first kappa shape index (κ1) is 21.1. The lowest BCUT2D eigenvalue weighted by atomic mass is 9.91. The van der Waals surface area contributed by atoms with Gasteiger partial charge in [-0.15, -0.1) is 0 Å². The molecule has 4 rings (SSSR count). The molecule has 0 unspecified atom stereocenters. The molecule has 1 amide bonds. The Morgan fingerprint density at radius 3 is 2.61 bits per heavy atom. The van der Waals surface area contributed by atoms with Crippen LogP contribution in [0.4, 0.5) is 5.95 Å². The second-order valence-corrected chi connectivity index (χ2v) is 8.15.